The zero-order chi connectivity index (χ0) is 23.6. The summed E-state index contributed by atoms with van der Waals surface area (Å²) in [6, 6.07) is 6.46. The van der Waals surface area contributed by atoms with E-state index in [9.17, 15) is 33.4 Å². The van der Waals surface area contributed by atoms with Crippen molar-refractivity contribution in [1.82, 2.24) is 4.31 Å². The highest BCUT2D eigenvalue weighted by molar-refractivity contribution is 8.01. The van der Waals surface area contributed by atoms with E-state index in [1.54, 1.807) is 24.3 Å². The molecule has 172 valence electrons. The summed E-state index contributed by atoms with van der Waals surface area (Å²) in [5.41, 5.74) is 1.21. The first kappa shape index (κ1) is 26.8. The molecule has 1 unspecified atom stereocenters. The van der Waals surface area contributed by atoms with Crippen molar-refractivity contribution in [1.29, 1.82) is 5.41 Å². The molecule has 0 fully saturated rings. The van der Waals surface area contributed by atoms with E-state index in [0.29, 0.717) is 28.2 Å². The molecule has 10 nitrogen and oxygen atoms in total. The summed E-state index contributed by atoms with van der Waals surface area (Å²) in [5.74, 6) is -3.68. The fourth-order valence-electron chi connectivity index (χ4n) is 2.62. The Morgan fingerprint density at radius 2 is 1.77 bits per heavy atom. The normalized spacial score (nSPS) is 12.4. The number of hydrogen-bond donors (Lipinski definition) is 3. The Hall–Kier alpha value is -2.28. The lowest BCUT2D eigenvalue weighted by molar-refractivity contribution is -0.152. The lowest BCUT2D eigenvalue weighted by atomic mass is 10.1. The molecule has 1 aromatic rings. The molecule has 1 atom stereocenters. The second kappa shape index (κ2) is 12.5. The highest BCUT2D eigenvalue weighted by atomic mass is 32.2. The number of aliphatic carboxylic acids is 2. The van der Waals surface area contributed by atoms with Crippen molar-refractivity contribution in [3.8, 4) is 5.75 Å². The van der Waals surface area contributed by atoms with Gasteiger partial charge < -0.3 is 24.9 Å². The summed E-state index contributed by atoms with van der Waals surface area (Å²) >= 11 is -2.37. The Balaban J connectivity index is 2.65. The van der Waals surface area contributed by atoms with Gasteiger partial charge in [-0.3, -0.25) is 18.6 Å². The lowest BCUT2D eigenvalue weighted by Crippen LogP contribution is -2.52. The Morgan fingerprint density at radius 3 is 2.23 bits per heavy atom. The quantitative estimate of drug-likeness (QED) is 0.120. The molecule has 0 aliphatic rings. The van der Waals surface area contributed by atoms with E-state index in [1.807, 2.05) is 6.92 Å². The van der Waals surface area contributed by atoms with Gasteiger partial charge in [-0.05, 0) is 48.9 Å². The number of nitrogens with zero attached hydrogens (tertiary/aromatic N) is 1. The second-order valence-electron chi connectivity index (χ2n) is 6.55. The van der Waals surface area contributed by atoms with Crippen LogP contribution in [0.25, 0.3) is 0 Å². The number of carbonyl (C=O) groups is 3. The molecule has 0 heterocycles. The number of hydrogen-bond acceptors (Lipinski definition) is 8. The van der Waals surface area contributed by atoms with Crippen molar-refractivity contribution in [2.45, 2.75) is 37.4 Å². The monoisotopic (exact) mass is 473 g/mol. The van der Waals surface area contributed by atoms with Crippen LogP contribution in [0.1, 0.15) is 38.2 Å². The average Bonchev–Trinajstić information content (AvgIpc) is 2.70. The summed E-state index contributed by atoms with van der Waals surface area (Å²) in [5, 5.41) is 26.4. The SMILES string of the molecule is CCCC(=N)c1ccc(OC(=O)CCCN(CC(SC)(C(=O)O)C(=O)O)S(=O)[O-])cc1. The molecule has 0 saturated carbocycles. The van der Waals surface area contributed by atoms with Crippen LogP contribution in [0.15, 0.2) is 24.3 Å². The number of carboxylic acids is 2. The van der Waals surface area contributed by atoms with E-state index >= 15 is 0 Å². The molecular formula is C19H25N2O8S2-. The third kappa shape index (κ3) is 7.73. The number of carboxylic acid groups (broad SMARTS) is 2. The van der Waals surface area contributed by atoms with E-state index in [4.69, 9.17) is 10.1 Å². The predicted octanol–water partition coefficient (Wildman–Crippen LogP) is 1.91. The van der Waals surface area contributed by atoms with E-state index in [-0.39, 0.29) is 25.1 Å². The molecule has 1 rings (SSSR count). The van der Waals surface area contributed by atoms with Gasteiger partial charge in [0.15, 0.2) is 0 Å². The van der Waals surface area contributed by atoms with E-state index in [1.165, 1.54) is 6.26 Å². The fraction of sp³-hybridized carbons (Fsp3) is 0.474. The van der Waals surface area contributed by atoms with Gasteiger partial charge in [0.25, 0.3) is 0 Å². The summed E-state index contributed by atoms with van der Waals surface area (Å²) in [6.07, 6.45) is 2.60. The largest absolute Gasteiger partial charge is 0.760 e. The van der Waals surface area contributed by atoms with Gasteiger partial charge in [-0.15, -0.1) is 11.8 Å². The van der Waals surface area contributed by atoms with Gasteiger partial charge in [0.1, 0.15) is 5.75 Å². The Morgan fingerprint density at radius 1 is 1.19 bits per heavy atom. The van der Waals surface area contributed by atoms with Gasteiger partial charge in [0.2, 0.25) is 4.75 Å². The van der Waals surface area contributed by atoms with Crippen LogP contribution in [0.3, 0.4) is 0 Å². The van der Waals surface area contributed by atoms with E-state index in [0.717, 1.165) is 12.0 Å². The van der Waals surface area contributed by atoms with Crippen LogP contribution >= 0.6 is 11.8 Å². The minimum absolute atomic E-state index is 0.00966. The van der Waals surface area contributed by atoms with Gasteiger partial charge in [0.05, 0.1) is 0 Å². The van der Waals surface area contributed by atoms with Crippen LogP contribution in [0.2, 0.25) is 0 Å². The van der Waals surface area contributed by atoms with E-state index < -0.39 is 40.5 Å². The molecule has 12 heteroatoms. The Kier molecular flexibility index (Phi) is 10.8. The third-order valence-electron chi connectivity index (χ3n) is 4.37. The molecule has 0 spiro atoms. The Bertz CT molecular complexity index is 815. The first-order valence-corrected chi connectivity index (χ1v) is 11.6. The number of nitrogens with one attached hydrogen (secondary N) is 1. The van der Waals surface area contributed by atoms with Crippen molar-refractivity contribution < 1.29 is 38.1 Å². The number of thioether (sulfide) groups is 1. The topological polar surface area (TPSA) is 168 Å². The molecule has 0 aromatic heterocycles. The highest BCUT2D eigenvalue weighted by Gasteiger charge is 2.47. The molecule has 0 aliphatic carbocycles. The molecule has 0 saturated heterocycles. The first-order valence-electron chi connectivity index (χ1n) is 9.32. The number of rotatable bonds is 14. The molecule has 31 heavy (non-hydrogen) atoms. The third-order valence-corrected chi connectivity index (χ3v) is 6.28. The summed E-state index contributed by atoms with van der Waals surface area (Å²) in [7, 11) is 0. The van der Waals surface area contributed by atoms with Crippen LogP contribution in [0, 0.1) is 5.41 Å². The Labute approximate surface area is 186 Å². The summed E-state index contributed by atoms with van der Waals surface area (Å²) in [6.45, 7) is 0.939. The number of carbonyl (C=O) groups excluding carboxylic acids is 1. The molecule has 0 amide bonds. The lowest BCUT2D eigenvalue weighted by Gasteiger charge is -2.31. The molecule has 3 N–H and O–H groups in total. The molecule has 0 bridgehead atoms. The van der Waals surface area contributed by atoms with Crippen molar-refractivity contribution in [2.24, 2.45) is 0 Å². The summed E-state index contributed by atoms with van der Waals surface area (Å²) in [4.78, 5) is 34.9. The van der Waals surface area contributed by atoms with Crippen LogP contribution in [0.4, 0.5) is 0 Å². The zero-order valence-corrected chi connectivity index (χ0v) is 18.8. The first-order chi connectivity index (χ1) is 14.6. The maximum absolute atomic E-state index is 12.0. The van der Waals surface area contributed by atoms with Crippen molar-refractivity contribution >= 4 is 46.6 Å². The van der Waals surface area contributed by atoms with Crippen LogP contribution in [0.5, 0.6) is 5.75 Å². The number of esters is 1. The van der Waals surface area contributed by atoms with Crippen molar-refractivity contribution in [3.05, 3.63) is 29.8 Å². The minimum atomic E-state index is -2.88. The van der Waals surface area contributed by atoms with Crippen molar-refractivity contribution in [2.75, 3.05) is 19.3 Å². The minimum Gasteiger partial charge on any atom is -0.760 e. The standard InChI is InChI=1S/C19H26N2O8S2/c1-3-5-15(20)13-7-9-14(10-8-13)29-16(22)6-4-11-21(31(27)28)12-19(30-2,17(23)24)18(25)26/h7-10,20H,3-6,11-12H2,1-2H3,(H,23,24)(H,25,26)(H,27,28)/p-1. The second-order valence-corrected chi connectivity index (χ2v) is 8.61. The highest BCUT2D eigenvalue weighted by Crippen LogP contribution is 2.26. The van der Waals surface area contributed by atoms with E-state index in [2.05, 4.69) is 0 Å². The smallest absolute Gasteiger partial charge is 0.332 e. The van der Waals surface area contributed by atoms with Gasteiger partial charge in [-0.1, -0.05) is 13.3 Å². The van der Waals surface area contributed by atoms with Crippen LogP contribution < -0.4 is 4.74 Å². The fourth-order valence-corrected chi connectivity index (χ4v) is 3.91. The molecule has 1 aromatic carbocycles. The number of benzene rings is 1. The zero-order valence-electron chi connectivity index (χ0n) is 17.2. The predicted molar refractivity (Wildman–Crippen MR) is 115 cm³/mol. The van der Waals surface area contributed by atoms with Gasteiger partial charge in [0, 0.05) is 36.5 Å². The van der Waals surface area contributed by atoms with Gasteiger partial charge in [-0.25, -0.2) is 4.31 Å². The van der Waals surface area contributed by atoms with Gasteiger partial charge in [-0.2, -0.15) is 0 Å². The maximum atomic E-state index is 12.0. The van der Waals surface area contributed by atoms with Crippen LogP contribution in [-0.4, -0.2) is 71.0 Å². The molecule has 0 radical (unpaired) electrons. The molecule has 0 aliphatic heterocycles. The average molecular weight is 474 g/mol. The maximum Gasteiger partial charge on any atom is 0.332 e. The molecular weight excluding hydrogens is 448 g/mol. The summed E-state index contributed by atoms with van der Waals surface area (Å²) < 4.78 is 26.4. The number of ether oxygens (including phenoxy) is 1. The van der Waals surface area contributed by atoms with Crippen molar-refractivity contribution in [3.63, 3.8) is 0 Å². The van der Waals surface area contributed by atoms with Crippen LogP contribution in [-0.2, 0) is 25.7 Å². The van der Waals surface area contributed by atoms with Gasteiger partial charge >= 0.3 is 17.9 Å².